The number of rotatable bonds is 23. The van der Waals surface area contributed by atoms with Crippen molar-refractivity contribution in [1.29, 1.82) is 0 Å². The van der Waals surface area contributed by atoms with Crippen molar-refractivity contribution in [3.8, 4) is 28.3 Å². The number of esters is 1. The van der Waals surface area contributed by atoms with Gasteiger partial charge in [0.15, 0.2) is 0 Å². The largest absolute Gasteiger partial charge is 0.497 e. The van der Waals surface area contributed by atoms with Crippen LogP contribution in [0.3, 0.4) is 0 Å². The van der Waals surface area contributed by atoms with E-state index in [1.54, 1.807) is 38.3 Å². The van der Waals surface area contributed by atoms with Crippen LogP contribution < -0.4 is 26.0 Å². The van der Waals surface area contributed by atoms with Crippen molar-refractivity contribution < 1.29 is 23.9 Å². The smallest absolute Gasteiger partial charge is 0.338 e. The van der Waals surface area contributed by atoms with Crippen molar-refractivity contribution in [2.75, 3.05) is 89.4 Å². The number of benzene rings is 6. The standard InChI is InChI=1S/C35H39N5O3.C33H37N5O2/c1-4-43-34(42)26-13-11-24(12-14-26)21-32(41)38-28-17-15-25(16-18-28)31-22-27-23-37-35(36-19-7-8-20-40(2)3)39-33(27)30-10-6-5-9-29(30)31;1-38(2)19-7-6-18-34-33-35-22-25-21-30(28-8-4-5-9-29(28)32(25)37-33)24-12-14-26(15-13-24)36-31(39)20-23-10-16-27(40-3)17-11-23/h5-6,9-18,23,31H,4,7-8,19-22H2,1-3H3,(H,38,41)(H,36,37,39);4-5,8-17,22,30H,6-7,18-21H2,1-3H3,(H,36,39)(H,34,35,37). The summed E-state index contributed by atoms with van der Waals surface area (Å²) in [6.07, 6.45) is 10.5. The number of anilines is 4. The number of methoxy groups -OCH3 is 1. The molecule has 10 rings (SSSR count). The van der Waals surface area contributed by atoms with Gasteiger partial charge in [-0.05, 0) is 180 Å². The number of nitrogens with zero attached hydrogens (tertiary/aromatic N) is 6. The fraction of sp³-hybridized carbons (Fsp3) is 0.309. The number of ether oxygens (including phenoxy) is 2. The quantitative estimate of drug-likeness (QED) is 0.0352. The first-order valence-corrected chi connectivity index (χ1v) is 28.8. The first-order valence-electron chi connectivity index (χ1n) is 28.8. The molecule has 8 aromatic rings. The molecule has 0 aliphatic heterocycles. The third-order valence-electron chi connectivity index (χ3n) is 14.9. The SMILES string of the molecule is CCOC(=O)c1ccc(CC(=O)Nc2ccc(C3Cc4cnc(NCCCCN(C)C)nc4-c4ccccc43)cc2)cc1.COc1ccc(CC(=O)Nc2ccc(C3Cc4cnc(NCCCCN(C)C)nc4-c4ccccc43)cc2)cc1. The van der Waals surface area contributed by atoms with Crippen LogP contribution in [-0.2, 0) is 40.0 Å². The van der Waals surface area contributed by atoms with E-state index in [1.807, 2.05) is 60.9 Å². The highest BCUT2D eigenvalue weighted by molar-refractivity contribution is 5.93. The zero-order chi connectivity index (χ0) is 58.1. The molecule has 0 fully saturated rings. The van der Waals surface area contributed by atoms with Crippen LogP contribution in [0.5, 0.6) is 5.75 Å². The van der Waals surface area contributed by atoms with E-state index >= 15 is 0 Å². The van der Waals surface area contributed by atoms with Gasteiger partial charge in [0.2, 0.25) is 23.7 Å². The Morgan fingerprint density at radius 1 is 0.542 bits per heavy atom. The fourth-order valence-electron chi connectivity index (χ4n) is 10.6. The Morgan fingerprint density at radius 2 is 0.976 bits per heavy atom. The van der Waals surface area contributed by atoms with Crippen LogP contribution in [0, 0.1) is 0 Å². The molecular weight excluding hydrogens is 1040 g/mol. The molecule has 15 heteroatoms. The second-order valence-corrected chi connectivity index (χ2v) is 21.7. The molecule has 0 radical (unpaired) electrons. The van der Waals surface area contributed by atoms with Crippen LogP contribution >= 0.6 is 0 Å². The molecule has 0 saturated heterocycles. The van der Waals surface area contributed by atoms with Gasteiger partial charge in [-0.15, -0.1) is 0 Å². The maximum absolute atomic E-state index is 12.7. The summed E-state index contributed by atoms with van der Waals surface area (Å²) in [4.78, 5) is 60.7. The lowest BCUT2D eigenvalue weighted by Crippen LogP contribution is -2.17. The zero-order valence-electron chi connectivity index (χ0n) is 48.6. The summed E-state index contributed by atoms with van der Waals surface area (Å²) in [5.74, 6) is 1.97. The Labute approximate surface area is 488 Å². The van der Waals surface area contributed by atoms with Gasteiger partial charge < -0.3 is 40.5 Å². The van der Waals surface area contributed by atoms with E-state index in [0.717, 1.165) is 127 Å². The Balaban J connectivity index is 0.000000200. The summed E-state index contributed by atoms with van der Waals surface area (Å²) in [5, 5.41) is 12.8. The molecule has 2 aliphatic rings. The van der Waals surface area contributed by atoms with Crippen molar-refractivity contribution in [3.05, 3.63) is 208 Å². The highest BCUT2D eigenvalue weighted by atomic mass is 16.5. The summed E-state index contributed by atoms with van der Waals surface area (Å²) in [6.45, 7) is 5.96. The fourth-order valence-corrected chi connectivity index (χ4v) is 10.6. The van der Waals surface area contributed by atoms with Crippen molar-refractivity contribution in [2.45, 2.75) is 70.1 Å². The molecule has 0 spiro atoms. The molecule has 2 amide bonds. The number of aromatic nitrogens is 4. The monoisotopic (exact) mass is 1110 g/mol. The molecule has 2 atom stereocenters. The number of hydrogen-bond acceptors (Lipinski definition) is 13. The molecule has 15 nitrogen and oxygen atoms in total. The summed E-state index contributed by atoms with van der Waals surface area (Å²) in [5.41, 5.74) is 15.2. The summed E-state index contributed by atoms with van der Waals surface area (Å²) >= 11 is 0. The first kappa shape index (κ1) is 58.9. The Kier molecular flexibility index (Phi) is 20.4. The van der Waals surface area contributed by atoms with E-state index in [9.17, 15) is 14.4 Å². The lowest BCUT2D eigenvalue weighted by atomic mass is 9.78. The van der Waals surface area contributed by atoms with Gasteiger partial charge in [-0.25, -0.2) is 24.7 Å². The molecule has 428 valence electrons. The summed E-state index contributed by atoms with van der Waals surface area (Å²) in [7, 11) is 10.0. The van der Waals surface area contributed by atoms with Gasteiger partial charge in [0, 0.05) is 59.8 Å². The lowest BCUT2D eigenvalue weighted by molar-refractivity contribution is -0.116. The minimum Gasteiger partial charge on any atom is -0.497 e. The lowest BCUT2D eigenvalue weighted by Gasteiger charge is -2.27. The van der Waals surface area contributed by atoms with E-state index in [4.69, 9.17) is 19.4 Å². The van der Waals surface area contributed by atoms with Gasteiger partial charge in [-0.3, -0.25) is 9.59 Å². The molecule has 0 saturated carbocycles. The third kappa shape index (κ3) is 16.0. The molecule has 2 unspecified atom stereocenters. The van der Waals surface area contributed by atoms with Crippen LogP contribution in [0.2, 0.25) is 0 Å². The van der Waals surface area contributed by atoms with E-state index in [1.165, 1.54) is 22.3 Å². The van der Waals surface area contributed by atoms with E-state index in [0.29, 0.717) is 30.5 Å². The van der Waals surface area contributed by atoms with Crippen molar-refractivity contribution in [3.63, 3.8) is 0 Å². The van der Waals surface area contributed by atoms with Crippen LogP contribution in [0.15, 0.2) is 158 Å². The van der Waals surface area contributed by atoms with Crippen LogP contribution in [0.1, 0.15) is 99.3 Å². The molecule has 4 N–H and O–H groups in total. The Bertz CT molecular complexity index is 3440. The van der Waals surface area contributed by atoms with Gasteiger partial charge in [0.05, 0.1) is 43.5 Å². The van der Waals surface area contributed by atoms with Gasteiger partial charge in [0.1, 0.15) is 5.75 Å². The summed E-state index contributed by atoms with van der Waals surface area (Å²) < 4.78 is 10.2. The zero-order valence-corrected chi connectivity index (χ0v) is 48.6. The number of hydrogen-bond donors (Lipinski definition) is 4. The Hall–Kier alpha value is -8.79. The van der Waals surface area contributed by atoms with Crippen molar-refractivity contribution >= 4 is 41.1 Å². The average Bonchev–Trinajstić information content (AvgIpc) is 3.69. The molecule has 2 heterocycles. The molecule has 6 aromatic carbocycles. The van der Waals surface area contributed by atoms with E-state index < -0.39 is 0 Å². The first-order chi connectivity index (χ1) is 40.4. The Morgan fingerprint density at radius 3 is 1.40 bits per heavy atom. The minimum atomic E-state index is -0.362. The maximum atomic E-state index is 12.7. The number of carbonyl (C=O) groups is 3. The molecule has 2 aromatic heterocycles. The maximum Gasteiger partial charge on any atom is 0.338 e. The van der Waals surface area contributed by atoms with Crippen LogP contribution in [-0.4, -0.2) is 116 Å². The highest BCUT2D eigenvalue weighted by Gasteiger charge is 2.29. The van der Waals surface area contributed by atoms with Gasteiger partial charge in [-0.2, -0.15) is 0 Å². The second kappa shape index (κ2) is 28.8. The van der Waals surface area contributed by atoms with Crippen LogP contribution in [0.4, 0.5) is 23.3 Å². The van der Waals surface area contributed by atoms with E-state index in [2.05, 4.69) is 142 Å². The predicted octanol–water partition coefficient (Wildman–Crippen LogP) is 11.7. The average molecular weight is 1110 g/mol. The van der Waals surface area contributed by atoms with Gasteiger partial charge in [0.25, 0.3) is 0 Å². The number of fused-ring (bicyclic) bond motifs is 6. The molecule has 83 heavy (non-hydrogen) atoms. The number of unbranched alkanes of at least 4 members (excludes halogenated alkanes) is 2. The van der Waals surface area contributed by atoms with Crippen LogP contribution in [0.25, 0.3) is 22.5 Å². The second-order valence-electron chi connectivity index (χ2n) is 21.7. The molecule has 2 aliphatic carbocycles. The highest BCUT2D eigenvalue weighted by Crippen LogP contribution is 2.43. The van der Waals surface area contributed by atoms with Crippen molar-refractivity contribution in [2.24, 2.45) is 0 Å². The number of carbonyl (C=O) groups excluding carboxylic acids is 3. The predicted molar refractivity (Wildman–Crippen MR) is 332 cm³/mol. The summed E-state index contributed by atoms with van der Waals surface area (Å²) in [6, 6.07) is 47.7. The molecular formula is C68H76N10O5. The van der Waals surface area contributed by atoms with Crippen molar-refractivity contribution in [1.82, 2.24) is 29.7 Å². The van der Waals surface area contributed by atoms with Gasteiger partial charge in [-0.1, -0.05) is 97.1 Å². The van der Waals surface area contributed by atoms with Gasteiger partial charge >= 0.3 is 5.97 Å². The number of amides is 2. The topological polar surface area (TPSA) is 176 Å². The minimum absolute atomic E-state index is 0.0471. The number of nitrogens with one attached hydrogen (secondary N) is 4. The third-order valence-corrected chi connectivity index (χ3v) is 14.9. The normalized spacial score (nSPS) is 13.7. The molecule has 0 bridgehead atoms. The van der Waals surface area contributed by atoms with E-state index in [-0.39, 0.29) is 36.0 Å².